The highest BCUT2D eigenvalue weighted by molar-refractivity contribution is 7.80. The monoisotopic (exact) mass is 272 g/mol. The maximum absolute atomic E-state index is 11.9. The number of nitrogens with one attached hydrogen (secondary N) is 1. The van der Waals surface area contributed by atoms with Crippen LogP contribution >= 0.6 is 12.2 Å². The third kappa shape index (κ3) is 3.92. The van der Waals surface area contributed by atoms with Gasteiger partial charge in [-0.1, -0.05) is 19.1 Å². The maximum atomic E-state index is 11.9. The molecule has 1 rings (SSSR count). The quantitative estimate of drug-likeness (QED) is 0.506. The van der Waals surface area contributed by atoms with Crippen LogP contribution in [-0.4, -0.2) is 65.4 Å². The smallest absolute Gasteiger partial charge is 0.311 e. The lowest BCUT2D eigenvalue weighted by Crippen LogP contribution is -2.56. The van der Waals surface area contributed by atoms with Crippen LogP contribution in [0.25, 0.3) is 0 Å². The summed E-state index contributed by atoms with van der Waals surface area (Å²) in [6.45, 7) is 7.11. The summed E-state index contributed by atoms with van der Waals surface area (Å²) in [5.74, 6) is -1.14. The van der Waals surface area contributed by atoms with Gasteiger partial charge in [0.25, 0.3) is 0 Å². The summed E-state index contributed by atoms with van der Waals surface area (Å²) < 4.78 is 0. The molecule has 1 atom stereocenters. The second kappa shape index (κ2) is 6.65. The van der Waals surface area contributed by atoms with E-state index in [1.165, 1.54) is 0 Å². The van der Waals surface area contributed by atoms with Gasteiger partial charge in [0, 0.05) is 25.7 Å². The fraction of sp³-hybridized carbons (Fsp3) is 0.727. The topological polar surface area (TPSA) is 78.7 Å². The van der Waals surface area contributed by atoms with Crippen LogP contribution in [0, 0.1) is 0 Å². The van der Waals surface area contributed by atoms with Crippen molar-refractivity contribution in [1.29, 1.82) is 0 Å². The lowest BCUT2D eigenvalue weighted by atomic mass is 10.2. The molecular weight excluding hydrogens is 252 g/mol. The van der Waals surface area contributed by atoms with Crippen molar-refractivity contribution in [2.24, 2.45) is 5.73 Å². The van der Waals surface area contributed by atoms with Crippen molar-refractivity contribution in [2.75, 3.05) is 32.7 Å². The molecule has 0 saturated carbocycles. The fourth-order valence-corrected chi connectivity index (χ4v) is 2.11. The Morgan fingerprint density at radius 1 is 1.44 bits per heavy atom. The SMILES string of the molecule is CCN1CCN(C(=O)C(=O)NCC(N)=S)CC1C. The van der Waals surface area contributed by atoms with Crippen LogP contribution in [0.1, 0.15) is 13.8 Å². The highest BCUT2D eigenvalue weighted by atomic mass is 32.1. The van der Waals surface area contributed by atoms with Gasteiger partial charge in [-0.2, -0.15) is 0 Å². The molecule has 0 radical (unpaired) electrons. The predicted molar refractivity (Wildman–Crippen MR) is 73.1 cm³/mol. The number of nitrogens with two attached hydrogens (primary N) is 1. The Bertz CT molecular complexity index is 348. The largest absolute Gasteiger partial charge is 0.392 e. The van der Waals surface area contributed by atoms with Crippen LogP contribution in [0.3, 0.4) is 0 Å². The number of nitrogens with zero attached hydrogens (tertiary/aromatic N) is 2. The standard InChI is InChI=1S/C11H20N4O2S/c1-3-14-4-5-15(7-8(14)2)11(17)10(16)13-6-9(12)18/h8H,3-7H2,1-2H3,(H2,12,18)(H,13,16). The third-order valence-corrected chi connectivity index (χ3v) is 3.22. The number of carbonyl (C=O) groups is 2. The van der Waals surface area contributed by atoms with Crippen LogP contribution in [0.2, 0.25) is 0 Å². The molecule has 0 aromatic carbocycles. The molecule has 1 saturated heterocycles. The van der Waals surface area contributed by atoms with Gasteiger partial charge in [-0.3, -0.25) is 14.5 Å². The van der Waals surface area contributed by atoms with Crippen LogP contribution in [0.4, 0.5) is 0 Å². The van der Waals surface area contributed by atoms with Crippen molar-refractivity contribution in [2.45, 2.75) is 19.9 Å². The van der Waals surface area contributed by atoms with E-state index in [2.05, 4.69) is 36.3 Å². The lowest BCUT2D eigenvalue weighted by molar-refractivity contribution is -0.147. The zero-order valence-corrected chi connectivity index (χ0v) is 11.6. The average molecular weight is 272 g/mol. The number of likely N-dealkylation sites (N-methyl/N-ethyl adjacent to an activating group) is 1. The van der Waals surface area contributed by atoms with Crippen molar-refractivity contribution in [3.63, 3.8) is 0 Å². The molecule has 2 amide bonds. The number of hydrogen-bond acceptors (Lipinski definition) is 4. The summed E-state index contributed by atoms with van der Waals surface area (Å²) in [6, 6.07) is 0.274. The van der Waals surface area contributed by atoms with Crippen LogP contribution in [0.5, 0.6) is 0 Å². The number of hydrogen-bond donors (Lipinski definition) is 2. The highest BCUT2D eigenvalue weighted by Gasteiger charge is 2.28. The Balaban J connectivity index is 2.48. The van der Waals surface area contributed by atoms with E-state index in [1.54, 1.807) is 4.90 Å². The van der Waals surface area contributed by atoms with Gasteiger partial charge in [0.05, 0.1) is 11.5 Å². The number of thiocarbonyl (C=S) groups is 1. The molecule has 0 aliphatic carbocycles. The molecule has 1 aliphatic heterocycles. The normalized spacial score (nSPS) is 20.6. The summed E-state index contributed by atoms with van der Waals surface area (Å²) in [4.78, 5) is 27.5. The summed E-state index contributed by atoms with van der Waals surface area (Å²) >= 11 is 4.64. The summed E-state index contributed by atoms with van der Waals surface area (Å²) in [7, 11) is 0. The minimum absolute atomic E-state index is 0.0599. The van der Waals surface area contributed by atoms with Gasteiger partial charge in [0.1, 0.15) is 0 Å². The van der Waals surface area contributed by atoms with E-state index in [4.69, 9.17) is 5.73 Å². The van der Waals surface area contributed by atoms with E-state index in [9.17, 15) is 9.59 Å². The van der Waals surface area contributed by atoms with E-state index < -0.39 is 11.8 Å². The number of piperazine rings is 1. The Labute approximate surface area is 112 Å². The van der Waals surface area contributed by atoms with Crippen LogP contribution in [-0.2, 0) is 9.59 Å². The van der Waals surface area contributed by atoms with Crippen molar-refractivity contribution >= 4 is 29.0 Å². The van der Waals surface area contributed by atoms with Crippen molar-refractivity contribution in [3.05, 3.63) is 0 Å². The van der Waals surface area contributed by atoms with Gasteiger partial charge in [-0.15, -0.1) is 0 Å². The van der Waals surface area contributed by atoms with Crippen LogP contribution in [0.15, 0.2) is 0 Å². The number of rotatable bonds is 3. The summed E-state index contributed by atoms with van der Waals surface area (Å²) in [5, 5.41) is 2.41. The molecule has 1 fully saturated rings. The minimum atomic E-state index is -0.639. The third-order valence-electron chi connectivity index (χ3n) is 3.08. The summed E-state index contributed by atoms with van der Waals surface area (Å²) in [6.07, 6.45) is 0. The number of amides is 2. The van der Waals surface area contributed by atoms with Crippen molar-refractivity contribution in [1.82, 2.24) is 15.1 Å². The van der Waals surface area contributed by atoms with E-state index in [-0.39, 0.29) is 17.6 Å². The first-order valence-electron chi connectivity index (χ1n) is 6.05. The molecule has 102 valence electrons. The zero-order chi connectivity index (χ0) is 13.7. The molecule has 0 aromatic rings. The van der Waals surface area contributed by atoms with E-state index in [0.717, 1.165) is 13.1 Å². The van der Waals surface area contributed by atoms with Crippen LogP contribution < -0.4 is 11.1 Å². The minimum Gasteiger partial charge on any atom is -0.392 e. The van der Waals surface area contributed by atoms with Gasteiger partial charge in [-0.25, -0.2) is 0 Å². The van der Waals surface area contributed by atoms with Crippen molar-refractivity contribution in [3.8, 4) is 0 Å². The molecular formula is C11H20N4O2S. The molecule has 6 nitrogen and oxygen atoms in total. The Kier molecular flexibility index (Phi) is 5.49. The highest BCUT2D eigenvalue weighted by Crippen LogP contribution is 2.08. The summed E-state index contributed by atoms with van der Waals surface area (Å²) in [5.41, 5.74) is 5.26. The molecule has 18 heavy (non-hydrogen) atoms. The van der Waals surface area contributed by atoms with Gasteiger partial charge >= 0.3 is 11.8 Å². The molecule has 0 aromatic heterocycles. The first-order chi connectivity index (χ1) is 8.45. The maximum Gasteiger partial charge on any atom is 0.311 e. The first kappa shape index (κ1) is 14.8. The van der Waals surface area contributed by atoms with Gasteiger partial charge in [-0.05, 0) is 13.5 Å². The average Bonchev–Trinajstić information content (AvgIpc) is 2.34. The molecule has 0 spiro atoms. The Hall–Kier alpha value is -1.21. The van der Waals surface area contributed by atoms with Gasteiger partial charge in [0.2, 0.25) is 0 Å². The zero-order valence-electron chi connectivity index (χ0n) is 10.8. The second-order valence-corrected chi connectivity index (χ2v) is 4.90. The molecule has 7 heteroatoms. The molecule has 1 heterocycles. The van der Waals surface area contributed by atoms with Gasteiger partial charge < -0.3 is 16.0 Å². The van der Waals surface area contributed by atoms with E-state index in [0.29, 0.717) is 13.1 Å². The first-order valence-corrected chi connectivity index (χ1v) is 6.46. The molecule has 3 N–H and O–H groups in total. The van der Waals surface area contributed by atoms with Crippen molar-refractivity contribution < 1.29 is 9.59 Å². The van der Waals surface area contributed by atoms with E-state index >= 15 is 0 Å². The lowest BCUT2D eigenvalue weighted by Gasteiger charge is -2.38. The second-order valence-electron chi connectivity index (χ2n) is 4.38. The number of carbonyl (C=O) groups excluding carboxylic acids is 2. The molecule has 1 aliphatic rings. The Morgan fingerprint density at radius 3 is 2.61 bits per heavy atom. The predicted octanol–water partition coefficient (Wildman–Crippen LogP) is -1.06. The fourth-order valence-electron chi connectivity index (χ4n) is 2.04. The van der Waals surface area contributed by atoms with Gasteiger partial charge in [0.15, 0.2) is 0 Å². The Morgan fingerprint density at radius 2 is 2.11 bits per heavy atom. The molecule has 1 unspecified atom stereocenters. The van der Waals surface area contributed by atoms with E-state index in [1.807, 2.05) is 0 Å². The molecule has 0 bridgehead atoms.